The molecule has 1 rings (SSSR count). The molecule has 1 fully saturated rings. The van der Waals surface area contributed by atoms with Crippen LogP contribution in [0.4, 0.5) is 0 Å². The van der Waals surface area contributed by atoms with E-state index in [-0.39, 0.29) is 12.0 Å². The Kier molecular flexibility index (Phi) is 2.04. The third kappa shape index (κ3) is 1.41. The van der Waals surface area contributed by atoms with Crippen molar-refractivity contribution in [2.24, 2.45) is 5.92 Å². The Bertz CT molecular complexity index is 130. The van der Waals surface area contributed by atoms with Gasteiger partial charge >= 0.3 is 0 Å². The predicted molar refractivity (Wildman–Crippen MR) is 32.6 cm³/mol. The van der Waals surface area contributed by atoms with Gasteiger partial charge in [0.15, 0.2) is 0 Å². The van der Waals surface area contributed by atoms with E-state index >= 15 is 0 Å². The summed E-state index contributed by atoms with van der Waals surface area (Å²) in [6, 6.07) is 2.04. The van der Waals surface area contributed by atoms with Crippen molar-refractivity contribution >= 4 is 0 Å². The first-order valence-electron chi connectivity index (χ1n) is 3.10. The lowest BCUT2D eigenvalue weighted by molar-refractivity contribution is 0.150. The number of nitriles is 1. The van der Waals surface area contributed by atoms with Crippen LogP contribution in [-0.2, 0) is 0 Å². The van der Waals surface area contributed by atoms with Gasteiger partial charge in [0.05, 0.1) is 12.2 Å². The number of hydrogen-bond acceptors (Lipinski definition) is 3. The van der Waals surface area contributed by atoms with Crippen LogP contribution >= 0.6 is 0 Å². The van der Waals surface area contributed by atoms with Crippen molar-refractivity contribution in [2.45, 2.75) is 12.5 Å². The van der Waals surface area contributed by atoms with Gasteiger partial charge in [0, 0.05) is 25.4 Å². The van der Waals surface area contributed by atoms with E-state index in [9.17, 15) is 0 Å². The summed E-state index contributed by atoms with van der Waals surface area (Å²) in [7, 11) is 0. The molecule has 1 aliphatic rings. The molecule has 9 heavy (non-hydrogen) atoms. The summed E-state index contributed by atoms with van der Waals surface area (Å²) in [5.74, 6) is 0.162. The lowest BCUT2D eigenvalue weighted by Crippen LogP contribution is -2.16. The van der Waals surface area contributed by atoms with Gasteiger partial charge in [0.1, 0.15) is 0 Å². The lowest BCUT2D eigenvalue weighted by atomic mass is 10.0. The minimum Gasteiger partial charge on any atom is -0.391 e. The van der Waals surface area contributed by atoms with Gasteiger partial charge in [0.2, 0.25) is 0 Å². The van der Waals surface area contributed by atoms with E-state index in [1.165, 1.54) is 0 Å². The fraction of sp³-hybridized carbons (Fsp3) is 0.833. The molecule has 0 bridgehead atoms. The Hall–Kier alpha value is -0.590. The van der Waals surface area contributed by atoms with Gasteiger partial charge in [-0.25, -0.2) is 0 Å². The smallest absolute Gasteiger partial charge is 0.0714 e. The number of nitrogens with one attached hydrogen (secondary N) is 1. The quantitative estimate of drug-likeness (QED) is 0.497. The highest BCUT2D eigenvalue weighted by atomic mass is 16.3. The maximum atomic E-state index is 9.11. The minimum atomic E-state index is -0.301. The molecule has 3 nitrogen and oxygen atoms in total. The van der Waals surface area contributed by atoms with E-state index in [1.807, 2.05) is 6.07 Å². The van der Waals surface area contributed by atoms with Gasteiger partial charge in [-0.2, -0.15) is 5.26 Å². The second-order valence-electron chi connectivity index (χ2n) is 2.35. The molecule has 0 spiro atoms. The fourth-order valence-electron chi connectivity index (χ4n) is 1.04. The summed E-state index contributed by atoms with van der Waals surface area (Å²) < 4.78 is 0. The van der Waals surface area contributed by atoms with Crippen LogP contribution in [0.2, 0.25) is 0 Å². The van der Waals surface area contributed by atoms with Gasteiger partial charge in [-0.05, 0) is 0 Å². The Labute approximate surface area is 54.3 Å². The number of aliphatic hydroxyl groups is 1. The van der Waals surface area contributed by atoms with E-state index in [1.54, 1.807) is 0 Å². The second-order valence-corrected chi connectivity index (χ2v) is 2.35. The molecular formula is C6H10N2O. The van der Waals surface area contributed by atoms with Crippen LogP contribution < -0.4 is 5.32 Å². The Morgan fingerprint density at radius 3 is 2.89 bits per heavy atom. The third-order valence-electron chi connectivity index (χ3n) is 1.66. The molecule has 0 saturated carbocycles. The topological polar surface area (TPSA) is 56.0 Å². The maximum absolute atomic E-state index is 9.11. The van der Waals surface area contributed by atoms with Gasteiger partial charge in [-0.3, -0.25) is 0 Å². The molecule has 0 aliphatic carbocycles. The molecule has 2 atom stereocenters. The van der Waals surface area contributed by atoms with E-state index < -0.39 is 0 Å². The Morgan fingerprint density at radius 1 is 1.67 bits per heavy atom. The summed E-state index contributed by atoms with van der Waals surface area (Å²) in [6.45, 7) is 1.43. The number of hydrogen-bond donors (Lipinski definition) is 2. The van der Waals surface area contributed by atoms with Crippen molar-refractivity contribution in [2.75, 3.05) is 13.1 Å². The van der Waals surface area contributed by atoms with Gasteiger partial charge in [-0.15, -0.1) is 0 Å². The van der Waals surface area contributed by atoms with E-state index in [4.69, 9.17) is 10.4 Å². The summed E-state index contributed by atoms with van der Waals surface area (Å²) >= 11 is 0. The van der Waals surface area contributed by atoms with Crippen molar-refractivity contribution in [1.29, 1.82) is 5.26 Å². The summed E-state index contributed by atoms with van der Waals surface area (Å²) in [5.41, 5.74) is 0. The number of rotatable bonds is 1. The van der Waals surface area contributed by atoms with E-state index in [0.717, 1.165) is 6.54 Å². The molecule has 1 heterocycles. The molecule has 0 aromatic carbocycles. The first-order valence-corrected chi connectivity index (χ1v) is 3.10. The molecule has 1 aliphatic heterocycles. The molecule has 0 aromatic heterocycles. The Morgan fingerprint density at radius 2 is 2.44 bits per heavy atom. The zero-order valence-corrected chi connectivity index (χ0v) is 5.17. The standard InChI is InChI=1S/C6H10N2O/c7-2-1-5-3-8-4-6(5)9/h5-6,8-9H,1,3-4H2/t5-,6+/m1/s1. The Balaban J connectivity index is 2.33. The van der Waals surface area contributed by atoms with Crippen molar-refractivity contribution in [1.82, 2.24) is 5.32 Å². The molecule has 2 N–H and O–H groups in total. The van der Waals surface area contributed by atoms with Gasteiger partial charge in [0.25, 0.3) is 0 Å². The highest BCUT2D eigenvalue weighted by Crippen LogP contribution is 2.11. The average Bonchev–Trinajstić information content (AvgIpc) is 2.18. The molecule has 0 amide bonds. The fourth-order valence-corrected chi connectivity index (χ4v) is 1.04. The SMILES string of the molecule is N#CC[C@@H]1CNC[C@@H]1O. The second kappa shape index (κ2) is 2.81. The lowest BCUT2D eigenvalue weighted by Gasteiger charge is -2.06. The number of β-amino-alcohol motifs (C(OH)–C–C–N with tert-alkyl or cyclic N) is 1. The largest absolute Gasteiger partial charge is 0.391 e. The third-order valence-corrected chi connectivity index (χ3v) is 1.66. The van der Waals surface area contributed by atoms with E-state index in [0.29, 0.717) is 13.0 Å². The first kappa shape index (κ1) is 6.53. The molecular weight excluding hydrogens is 116 g/mol. The molecule has 50 valence electrons. The van der Waals surface area contributed by atoms with Crippen LogP contribution in [0.15, 0.2) is 0 Å². The highest BCUT2D eigenvalue weighted by Gasteiger charge is 2.23. The molecule has 0 radical (unpaired) electrons. The average molecular weight is 126 g/mol. The first-order chi connectivity index (χ1) is 4.34. The zero-order valence-electron chi connectivity index (χ0n) is 5.17. The van der Waals surface area contributed by atoms with Crippen LogP contribution in [0.25, 0.3) is 0 Å². The van der Waals surface area contributed by atoms with Crippen LogP contribution in [0.1, 0.15) is 6.42 Å². The monoisotopic (exact) mass is 126 g/mol. The van der Waals surface area contributed by atoms with Crippen molar-refractivity contribution in [3.8, 4) is 6.07 Å². The summed E-state index contributed by atoms with van der Waals surface area (Å²) in [6.07, 6.45) is 0.165. The van der Waals surface area contributed by atoms with Crippen LogP contribution in [-0.4, -0.2) is 24.3 Å². The van der Waals surface area contributed by atoms with Gasteiger partial charge in [-0.1, -0.05) is 0 Å². The number of nitrogens with zero attached hydrogens (tertiary/aromatic N) is 1. The van der Waals surface area contributed by atoms with Crippen molar-refractivity contribution in [3.05, 3.63) is 0 Å². The van der Waals surface area contributed by atoms with Crippen LogP contribution in [0.3, 0.4) is 0 Å². The molecule has 3 heteroatoms. The maximum Gasteiger partial charge on any atom is 0.0714 e. The molecule has 0 aromatic rings. The normalized spacial score (nSPS) is 34.2. The van der Waals surface area contributed by atoms with E-state index in [2.05, 4.69) is 5.32 Å². The minimum absolute atomic E-state index is 0.162. The van der Waals surface area contributed by atoms with Crippen LogP contribution in [0.5, 0.6) is 0 Å². The van der Waals surface area contributed by atoms with Crippen molar-refractivity contribution in [3.63, 3.8) is 0 Å². The number of aliphatic hydroxyl groups excluding tert-OH is 1. The van der Waals surface area contributed by atoms with Crippen LogP contribution in [0, 0.1) is 17.2 Å². The highest BCUT2D eigenvalue weighted by molar-refractivity contribution is 4.87. The van der Waals surface area contributed by atoms with Gasteiger partial charge < -0.3 is 10.4 Å². The predicted octanol–water partition coefficient (Wildman–Crippen LogP) is -0.520. The summed E-state index contributed by atoms with van der Waals surface area (Å²) in [5, 5.41) is 20.4. The van der Waals surface area contributed by atoms with Crippen molar-refractivity contribution < 1.29 is 5.11 Å². The molecule has 0 unspecified atom stereocenters. The molecule has 1 saturated heterocycles. The zero-order chi connectivity index (χ0) is 6.69. The summed E-state index contributed by atoms with van der Waals surface area (Å²) in [4.78, 5) is 0.